The van der Waals surface area contributed by atoms with Crippen LogP contribution in [-0.4, -0.2) is 40.1 Å². The van der Waals surface area contributed by atoms with Crippen molar-refractivity contribution in [3.8, 4) is 6.01 Å². The minimum Gasteiger partial charge on any atom is -0.458 e. The molecule has 1 atom stereocenters. The number of hydrogen-bond donors (Lipinski definition) is 1. The number of carbonyl (C=O) groups excluding carboxylic acids is 1. The highest BCUT2D eigenvalue weighted by molar-refractivity contribution is 7.09. The Balaban J connectivity index is 1.51. The maximum absolute atomic E-state index is 12.8. The molecule has 2 aromatic rings. The van der Waals surface area contributed by atoms with E-state index in [1.807, 2.05) is 17.5 Å². The van der Waals surface area contributed by atoms with Gasteiger partial charge in [0.2, 0.25) is 0 Å². The molecule has 2 aromatic heterocycles. The lowest BCUT2D eigenvalue weighted by atomic mass is 10.1. The highest BCUT2D eigenvalue weighted by Crippen LogP contribution is 2.16. The highest BCUT2D eigenvalue weighted by atomic mass is 32.1. The quantitative estimate of drug-likeness (QED) is 0.931. The van der Waals surface area contributed by atoms with Crippen LogP contribution in [0.15, 0.2) is 29.9 Å². The van der Waals surface area contributed by atoms with Crippen molar-refractivity contribution in [1.29, 1.82) is 0 Å². The van der Waals surface area contributed by atoms with E-state index in [-0.39, 0.29) is 18.1 Å². The first-order valence-corrected chi connectivity index (χ1v) is 8.28. The lowest BCUT2D eigenvalue weighted by Crippen LogP contribution is -2.48. The molecule has 0 aliphatic carbocycles. The Hall–Kier alpha value is -2.22. The number of urea groups is 1. The zero-order valence-electron chi connectivity index (χ0n) is 12.4. The van der Waals surface area contributed by atoms with Crippen LogP contribution < -0.4 is 10.1 Å². The fraction of sp³-hybridized carbons (Fsp3) is 0.400. The van der Waals surface area contributed by atoms with Gasteiger partial charge < -0.3 is 15.0 Å². The van der Waals surface area contributed by atoms with Gasteiger partial charge in [-0.05, 0) is 24.3 Å². The molecule has 3 rings (SSSR count). The monoisotopic (exact) mass is 336 g/mol. The zero-order valence-corrected chi connectivity index (χ0v) is 13.3. The second kappa shape index (κ2) is 7.36. The molecule has 0 aromatic carbocycles. The highest BCUT2D eigenvalue weighted by Gasteiger charge is 2.25. The van der Waals surface area contributed by atoms with Gasteiger partial charge in [-0.25, -0.2) is 19.2 Å². The first-order valence-electron chi connectivity index (χ1n) is 7.40. The summed E-state index contributed by atoms with van der Waals surface area (Å²) in [6, 6.07) is 3.97. The molecule has 1 fully saturated rings. The summed E-state index contributed by atoms with van der Waals surface area (Å²) < 4.78 is 18.4. The zero-order chi connectivity index (χ0) is 16.1. The molecule has 2 amide bonds. The molecule has 23 heavy (non-hydrogen) atoms. The molecule has 0 bridgehead atoms. The van der Waals surface area contributed by atoms with Crippen LogP contribution in [0.3, 0.4) is 0 Å². The van der Waals surface area contributed by atoms with Crippen LogP contribution in [0.25, 0.3) is 0 Å². The summed E-state index contributed by atoms with van der Waals surface area (Å²) in [6.07, 6.45) is 3.61. The Labute approximate surface area is 137 Å². The van der Waals surface area contributed by atoms with E-state index in [2.05, 4.69) is 15.3 Å². The van der Waals surface area contributed by atoms with Gasteiger partial charge in [0, 0.05) is 11.4 Å². The third-order valence-electron chi connectivity index (χ3n) is 3.53. The number of halogens is 1. The van der Waals surface area contributed by atoms with Gasteiger partial charge in [0.15, 0.2) is 5.82 Å². The van der Waals surface area contributed by atoms with E-state index >= 15 is 0 Å². The number of ether oxygens (including phenoxy) is 1. The van der Waals surface area contributed by atoms with Gasteiger partial charge in [-0.3, -0.25) is 0 Å². The van der Waals surface area contributed by atoms with Crippen LogP contribution in [0.5, 0.6) is 6.01 Å². The van der Waals surface area contributed by atoms with Gasteiger partial charge in [0.1, 0.15) is 6.10 Å². The van der Waals surface area contributed by atoms with E-state index in [1.165, 1.54) is 0 Å². The van der Waals surface area contributed by atoms with Crippen molar-refractivity contribution in [2.24, 2.45) is 0 Å². The van der Waals surface area contributed by atoms with Crippen molar-refractivity contribution in [3.05, 3.63) is 40.6 Å². The molecule has 1 aliphatic heterocycles. The summed E-state index contributed by atoms with van der Waals surface area (Å²) in [6.45, 7) is 1.69. The third kappa shape index (κ3) is 4.38. The largest absolute Gasteiger partial charge is 0.458 e. The number of nitrogens with zero attached hydrogens (tertiary/aromatic N) is 3. The number of thiophene rings is 1. The topological polar surface area (TPSA) is 67.4 Å². The summed E-state index contributed by atoms with van der Waals surface area (Å²) in [4.78, 5) is 22.6. The Morgan fingerprint density at radius 3 is 3.04 bits per heavy atom. The fourth-order valence-corrected chi connectivity index (χ4v) is 3.06. The average Bonchev–Trinajstić information content (AvgIpc) is 3.08. The Kier molecular flexibility index (Phi) is 5.02. The summed E-state index contributed by atoms with van der Waals surface area (Å²) in [5, 5.41) is 4.89. The van der Waals surface area contributed by atoms with Crippen LogP contribution >= 0.6 is 11.3 Å². The minimum atomic E-state index is -0.504. The maximum atomic E-state index is 12.8. The van der Waals surface area contributed by atoms with Crippen LogP contribution in [0.1, 0.15) is 17.7 Å². The number of likely N-dealkylation sites (tertiary alicyclic amines) is 1. The van der Waals surface area contributed by atoms with Gasteiger partial charge in [-0.2, -0.15) is 0 Å². The summed E-state index contributed by atoms with van der Waals surface area (Å²) in [7, 11) is 0. The third-order valence-corrected chi connectivity index (χ3v) is 4.40. The lowest BCUT2D eigenvalue weighted by molar-refractivity contribution is 0.0936. The summed E-state index contributed by atoms with van der Waals surface area (Å²) in [5.41, 5.74) is 0. The molecular weight excluding hydrogens is 319 g/mol. The minimum absolute atomic E-state index is 0.105. The van der Waals surface area contributed by atoms with Crippen molar-refractivity contribution in [2.45, 2.75) is 25.5 Å². The molecule has 3 heterocycles. The van der Waals surface area contributed by atoms with Crippen LogP contribution in [0.4, 0.5) is 9.18 Å². The van der Waals surface area contributed by atoms with Crippen LogP contribution in [0.2, 0.25) is 0 Å². The van der Waals surface area contributed by atoms with Gasteiger partial charge in [-0.1, -0.05) is 6.07 Å². The number of carbonyl (C=O) groups is 1. The molecular formula is C15H17FN4O2S. The number of aromatic nitrogens is 2. The molecule has 8 heteroatoms. The van der Waals surface area contributed by atoms with Crippen LogP contribution in [-0.2, 0) is 6.54 Å². The molecule has 1 aliphatic rings. The van der Waals surface area contributed by atoms with E-state index in [1.54, 1.807) is 16.2 Å². The number of amides is 2. The SMILES string of the molecule is O=C(NCc1cccs1)N1CCC[C@@H](Oc2ncc(F)cn2)C1. The smallest absolute Gasteiger partial charge is 0.317 e. The maximum Gasteiger partial charge on any atom is 0.317 e. The molecule has 1 N–H and O–H groups in total. The predicted molar refractivity (Wildman–Crippen MR) is 83.8 cm³/mol. The first-order chi connectivity index (χ1) is 11.2. The van der Waals surface area contributed by atoms with Gasteiger partial charge in [0.05, 0.1) is 25.5 Å². The summed E-state index contributed by atoms with van der Waals surface area (Å²) >= 11 is 1.61. The number of piperidine rings is 1. The fourth-order valence-electron chi connectivity index (χ4n) is 2.42. The number of hydrogen-bond acceptors (Lipinski definition) is 5. The normalized spacial score (nSPS) is 17.8. The molecule has 0 spiro atoms. The number of rotatable bonds is 4. The van der Waals surface area contributed by atoms with Crippen molar-refractivity contribution < 1.29 is 13.9 Å². The molecule has 6 nitrogen and oxygen atoms in total. The van der Waals surface area contributed by atoms with E-state index in [0.29, 0.717) is 19.6 Å². The van der Waals surface area contributed by atoms with Gasteiger partial charge >= 0.3 is 12.0 Å². The van der Waals surface area contributed by atoms with Crippen molar-refractivity contribution in [2.75, 3.05) is 13.1 Å². The van der Waals surface area contributed by atoms with E-state index < -0.39 is 5.82 Å². The Bertz CT molecular complexity index is 635. The molecule has 0 unspecified atom stereocenters. The number of nitrogens with one attached hydrogen (secondary N) is 1. The average molecular weight is 336 g/mol. The second-order valence-corrected chi connectivity index (χ2v) is 6.28. The second-order valence-electron chi connectivity index (χ2n) is 5.25. The van der Waals surface area contributed by atoms with Crippen molar-refractivity contribution in [1.82, 2.24) is 20.2 Å². The molecule has 122 valence electrons. The Morgan fingerprint density at radius 1 is 1.48 bits per heavy atom. The first kappa shape index (κ1) is 15.7. The molecule has 1 saturated heterocycles. The Morgan fingerprint density at radius 2 is 2.30 bits per heavy atom. The van der Waals surface area contributed by atoms with E-state index in [4.69, 9.17) is 4.74 Å². The van der Waals surface area contributed by atoms with Crippen LogP contribution in [0, 0.1) is 5.82 Å². The lowest BCUT2D eigenvalue weighted by Gasteiger charge is -2.32. The van der Waals surface area contributed by atoms with Gasteiger partial charge in [0.25, 0.3) is 0 Å². The summed E-state index contributed by atoms with van der Waals surface area (Å²) in [5.74, 6) is -0.504. The van der Waals surface area contributed by atoms with E-state index in [9.17, 15) is 9.18 Å². The van der Waals surface area contributed by atoms with Crippen molar-refractivity contribution >= 4 is 17.4 Å². The standard InChI is InChI=1S/C15H17FN4O2S/c16-11-7-17-14(18-8-11)22-12-3-1-5-20(10-12)15(21)19-9-13-4-2-6-23-13/h2,4,6-8,12H,1,3,5,9-10H2,(H,19,21)/t12-/m1/s1. The van der Waals surface area contributed by atoms with Gasteiger partial charge in [-0.15, -0.1) is 11.3 Å². The van der Waals surface area contributed by atoms with Crippen molar-refractivity contribution in [3.63, 3.8) is 0 Å². The molecule has 0 radical (unpaired) electrons. The predicted octanol–water partition coefficient (Wildman–Crippen LogP) is 2.43. The van der Waals surface area contributed by atoms with E-state index in [0.717, 1.165) is 30.1 Å². The molecule has 0 saturated carbocycles.